The van der Waals surface area contributed by atoms with Gasteiger partial charge in [-0.1, -0.05) is 30.3 Å². The molecule has 1 aliphatic heterocycles. The van der Waals surface area contributed by atoms with Crippen molar-refractivity contribution in [1.29, 1.82) is 0 Å². The summed E-state index contributed by atoms with van der Waals surface area (Å²) in [6.45, 7) is 0. The first kappa shape index (κ1) is 14.1. The number of nitrogens with one attached hydrogen (secondary N) is 1. The van der Waals surface area contributed by atoms with E-state index in [2.05, 4.69) is 45.3 Å². The largest absolute Gasteiger partial charge is 0.508 e. The van der Waals surface area contributed by atoms with Crippen molar-refractivity contribution < 1.29 is 5.11 Å². The van der Waals surface area contributed by atoms with Gasteiger partial charge < -0.3 is 15.0 Å². The molecule has 5 rings (SSSR count). The van der Waals surface area contributed by atoms with E-state index < -0.39 is 0 Å². The van der Waals surface area contributed by atoms with E-state index >= 15 is 0 Å². The minimum atomic E-state index is -0.00380. The zero-order valence-corrected chi connectivity index (χ0v) is 13.8. The number of aryl methyl sites for hydroxylation is 1. The van der Waals surface area contributed by atoms with Crippen molar-refractivity contribution in [3.05, 3.63) is 78.1 Å². The molecule has 0 amide bonds. The highest BCUT2D eigenvalue weighted by Gasteiger charge is 2.26. The first-order valence-corrected chi connectivity index (χ1v) is 8.31. The topological polar surface area (TPSA) is 50.1 Å². The molecule has 4 aromatic rings. The van der Waals surface area contributed by atoms with Gasteiger partial charge in [-0.15, -0.1) is 0 Å². The quantitative estimate of drug-likeness (QED) is 0.543. The molecule has 2 N–H and O–H groups in total. The van der Waals surface area contributed by atoms with Gasteiger partial charge in [-0.25, -0.2) is 4.98 Å². The van der Waals surface area contributed by atoms with Crippen molar-refractivity contribution in [1.82, 2.24) is 9.55 Å². The predicted molar refractivity (Wildman–Crippen MR) is 99.7 cm³/mol. The molecule has 0 radical (unpaired) electrons. The van der Waals surface area contributed by atoms with Crippen molar-refractivity contribution in [2.75, 3.05) is 5.32 Å². The Labute approximate surface area is 145 Å². The van der Waals surface area contributed by atoms with Crippen molar-refractivity contribution in [2.24, 2.45) is 7.05 Å². The standard InChI is InChI=1S/C21H17N3O/c1-24-12-17-19-16(10-11-22-21(19)24)15-4-2-3-5-18(15)23-20(17)13-6-8-14(25)9-7-13/h2-12,20,23,25H,1H3. The maximum Gasteiger partial charge on any atom is 0.140 e. The molecular formula is C21H17N3O. The second-order valence-electron chi connectivity index (χ2n) is 6.47. The van der Waals surface area contributed by atoms with E-state index in [0.717, 1.165) is 16.9 Å². The Hall–Kier alpha value is -3.27. The number of fused-ring (bicyclic) bond motifs is 2. The number of aromatic hydroxyl groups is 1. The van der Waals surface area contributed by atoms with Crippen LogP contribution in [-0.2, 0) is 7.05 Å². The lowest BCUT2D eigenvalue weighted by molar-refractivity contribution is 0.475. The van der Waals surface area contributed by atoms with Crippen molar-refractivity contribution in [2.45, 2.75) is 6.04 Å². The minimum absolute atomic E-state index is 0.00380. The van der Waals surface area contributed by atoms with E-state index in [1.54, 1.807) is 12.1 Å². The van der Waals surface area contributed by atoms with Gasteiger partial charge in [-0.2, -0.15) is 0 Å². The molecule has 0 spiro atoms. The number of aromatic nitrogens is 2. The van der Waals surface area contributed by atoms with Crippen LogP contribution in [0.5, 0.6) is 5.75 Å². The van der Waals surface area contributed by atoms with Crippen LogP contribution < -0.4 is 5.32 Å². The Bertz CT molecular complexity index is 1100. The fourth-order valence-electron chi connectivity index (χ4n) is 3.79. The van der Waals surface area contributed by atoms with Gasteiger partial charge in [0.05, 0.1) is 6.04 Å². The summed E-state index contributed by atoms with van der Waals surface area (Å²) in [5.74, 6) is 0.276. The third-order valence-electron chi connectivity index (χ3n) is 4.94. The average molecular weight is 327 g/mol. The third-order valence-corrected chi connectivity index (χ3v) is 4.94. The lowest BCUT2D eigenvalue weighted by Gasteiger charge is -2.19. The van der Waals surface area contributed by atoms with Crippen LogP contribution in [0, 0.1) is 0 Å². The van der Waals surface area contributed by atoms with Crippen LogP contribution in [-0.4, -0.2) is 14.7 Å². The van der Waals surface area contributed by atoms with Gasteiger partial charge >= 0.3 is 0 Å². The van der Waals surface area contributed by atoms with E-state index in [1.807, 2.05) is 31.4 Å². The second kappa shape index (κ2) is 5.11. The number of phenols is 1. The number of pyridine rings is 1. The zero-order chi connectivity index (χ0) is 17.0. The molecule has 0 bridgehead atoms. The Morgan fingerprint density at radius 1 is 1.00 bits per heavy atom. The van der Waals surface area contributed by atoms with Gasteiger partial charge in [0.15, 0.2) is 0 Å². The maximum atomic E-state index is 9.65. The molecule has 0 saturated heterocycles. The first-order valence-electron chi connectivity index (χ1n) is 8.31. The lowest BCUT2D eigenvalue weighted by atomic mass is 9.97. The van der Waals surface area contributed by atoms with Crippen LogP contribution in [0.2, 0.25) is 0 Å². The SMILES string of the molecule is Cn1cc2c3c(ccnc31)-c1ccccc1NC2c1ccc(O)cc1. The molecule has 2 aromatic carbocycles. The minimum Gasteiger partial charge on any atom is -0.508 e. The van der Waals surface area contributed by atoms with Gasteiger partial charge in [0.2, 0.25) is 0 Å². The van der Waals surface area contributed by atoms with Crippen LogP contribution in [0.1, 0.15) is 17.2 Å². The van der Waals surface area contributed by atoms with Gasteiger partial charge in [-0.3, -0.25) is 0 Å². The number of rotatable bonds is 1. The Balaban J connectivity index is 1.86. The Morgan fingerprint density at radius 3 is 2.64 bits per heavy atom. The maximum absolute atomic E-state index is 9.65. The molecule has 3 heterocycles. The molecular weight excluding hydrogens is 310 g/mol. The number of phenolic OH excluding ortho intramolecular Hbond substituents is 1. The van der Waals surface area contributed by atoms with E-state index in [-0.39, 0.29) is 11.8 Å². The molecule has 0 saturated carbocycles. The second-order valence-corrected chi connectivity index (χ2v) is 6.47. The number of hydrogen-bond acceptors (Lipinski definition) is 3. The summed E-state index contributed by atoms with van der Waals surface area (Å²) in [6, 6.07) is 17.9. The van der Waals surface area contributed by atoms with Gasteiger partial charge in [0, 0.05) is 41.6 Å². The zero-order valence-electron chi connectivity index (χ0n) is 13.8. The Morgan fingerprint density at radius 2 is 1.80 bits per heavy atom. The number of benzene rings is 2. The summed E-state index contributed by atoms with van der Waals surface area (Å²) < 4.78 is 2.08. The highest BCUT2D eigenvalue weighted by atomic mass is 16.3. The van der Waals surface area contributed by atoms with Crippen molar-refractivity contribution in [3.8, 4) is 16.9 Å². The molecule has 4 heteroatoms. The van der Waals surface area contributed by atoms with Crippen LogP contribution >= 0.6 is 0 Å². The molecule has 2 aromatic heterocycles. The summed E-state index contributed by atoms with van der Waals surface area (Å²) in [4.78, 5) is 4.60. The monoisotopic (exact) mass is 327 g/mol. The molecule has 4 nitrogen and oxygen atoms in total. The van der Waals surface area contributed by atoms with E-state index in [1.165, 1.54) is 22.1 Å². The normalized spacial score (nSPS) is 15.5. The highest BCUT2D eigenvalue weighted by molar-refractivity contribution is 6.01. The van der Waals surface area contributed by atoms with Crippen LogP contribution in [0.4, 0.5) is 5.69 Å². The fraction of sp³-hybridized carbons (Fsp3) is 0.0952. The number of hydrogen-bond donors (Lipinski definition) is 2. The first-order chi connectivity index (χ1) is 12.2. The lowest BCUT2D eigenvalue weighted by Crippen LogP contribution is -2.11. The Kier molecular flexibility index (Phi) is 2.88. The number of nitrogens with zero attached hydrogens (tertiary/aromatic N) is 2. The van der Waals surface area contributed by atoms with E-state index in [0.29, 0.717) is 0 Å². The molecule has 1 atom stereocenters. The molecule has 1 unspecified atom stereocenters. The van der Waals surface area contributed by atoms with Gasteiger partial charge in [-0.05, 0) is 35.4 Å². The predicted octanol–water partition coefficient (Wildman–Crippen LogP) is 4.46. The number of anilines is 1. The molecule has 122 valence electrons. The smallest absolute Gasteiger partial charge is 0.140 e. The summed E-state index contributed by atoms with van der Waals surface area (Å²) in [5, 5.41) is 14.5. The number of para-hydroxylation sites is 1. The molecule has 0 aliphatic carbocycles. The molecule has 0 fully saturated rings. The average Bonchev–Trinajstić information content (AvgIpc) is 2.90. The summed E-state index contributed by atoms with van der Waals surface area (Å²) in [6.07, 6.45) is 4.02. The van der Waals surface area contributed by atoms with Gasteiger partial charge in [0.1, 0.15) is 11.4 Å². The van der Waals surface area contributed by atoms with Crippen LogP contribution in [0.3, 0.4) is 0 Å². The third kappa shape index (κ3) is 2.04. The molecule has 25 heavy (non-hydrogen) atoms. The van der Waals surface area contributed by atoms with Crippen molar-refractivity contribution >= 4 is 16.7 Å². The van der Waals surface area contributed by atoms with E-state index in [9.17, 15) is 5.11 Å². The summed E-state index contributed by atoms with van der Waals surface area (Å²) in [5.41, 5.74) is 6.77. The highest BCUT2D eigenvalue weighted by Crippen LogP contribution is 2.43. The van der Waals surface area contributed by atoms with Crippen LogP contribution in [0.15, 0.2) is 67.0 Å². The van der Waals surface area contributed by atoms with Crippen LogP contribution in [0.25, 0.3) is 22.2 Å². The fourth-order valence-corrected chi connectivity index (χ4v) is 3.79. The summed E-state index contributed by atoms with van der Waals surface area (Å²) in [7, 11) is 2.03. The molecule has 1 aliphatic rings. The van der Waals surface area contributed by atoms with Crippen molar-refractivity contribution in [3.63, 3.8) is 0 Å². The van der Waals surface area contributed by atoms with Gasteiger partial charge in [0.25, 0.3) is 0 Å². The van der Waals surface area contributed by atoms with E-state index in [4.69, 9.17) is 0 Å². The summed E-state index contributed by atoms with van der Waals surface area (Å²) >= 11 is 0.